The highest BCUT2D eigenvalue weighted by molar-refractivity contribution is 5.68. The minimum absolute atomic E-state index is 0.0786. The Morgan fingerprint density at radius 2 is 1.91 bits per heavy atom. The van der Waals surface area contributed by atoms with E-state index in [4.69, 9.17) is 10.5 Å². The second kappa shape index (κ2) is 7.35. The standard InChI is InChI=1S/C19H30N2O2/c1-5-14-6-8-15(9-7-14)12-17(20)16-10-11-21(13-16)18(22)23-19(2,3)4/h6-9,16-17H,5,10-13,20H2,1-4H3. The van der Waals surface area contributed by atoms with Crippen molar-refractivity contribution in [2.45, 2.75) is 58.6 Å². The van der Waals surface area contributed by atoms with E-state index in [-0.39, 0.29) is 12.1 Å². The monoisotopic (exact) mass is 318 g/mol. The predicted molar refractivity (Wildman–Crippen MR) is 93.4 cm³/mol. The molecule has 2 atom stereocenters. The lowest BCUT2D eigenvalue weighted by molar-refractivity contribution is 0.0286. The maximum Gasteiger partial charge on any atom is 0.410 e. The van der Waals surface area contributed by atoms with E-state index in [1.807, 2.05) is 20.8 Å². The molecular formula is C19H30N2O2. The van der Waals surface area contributed by atoms with Gasteiger partial charge >= 0.3 is 6.09 Å². The smallest absolute Gasteiger partial charge is 0.410 e. The molecule has 2 unspecified atom stereocenters. The third-order valence-corrected chi connectivity index (χ3v) is 4.38. The molecule has 0 aromatic heterocycles. The van der Waals surface area contributed by atoms with Crippen molar-refractivity contribution in [2.75, 3.05) is 13.1 Å². The molecule has 2 rings (SSSR count). The van der Waals surface area contributed by atoms with Gasteiger partial charge in [-0.15, -0.1) is 0 Å². The quantitative estimate of drug-likeness (QED) is 0.926. The lowest BCUT2D eigenvalue weighted by Gasteiger charge is -2.25. The summed E-state index contributed by atoms with van der Waals surface area (Å²) in [7, 11) is 0. The van der Waals surface area contributed by atoms with Crippen LogP contribution in [0.15, 0.2) is 24.3 Å². The summed E-state index contributed by atoms with van der Waals surface area (Å²) in [5.41, 5.74) is 8.56. The Balaban J connectivity index is 1.86. The van der Waals surface area contributed by atoms with Gasteiger partial charge in [0, 0.05) is 19.1 Å². The van der Waals surface area contributed by atoms with Crippen molar-refractivity contribution in [2.24, 2.45) is 11.7 Å². The third-order valence-electron chi connectivity index (χ3n) is 4.38. The molecule has 1 aromatic carbocycles. The van der Waals surface area contributed by atoms with Crippen molar-refractivity contribution in [3.8, 4) is 0 Å². The maximum absolute atomic E-state index is 12.1. The lowest BCUT2D eigenvalue weighted by Crippen LogP contribution is -2.38. The third kappa shape index (κ3) is 5.24. The molecule has 0 aliphatic carbocycles. The topological polar surface area (TPSA) is 55.6 Å². The zero-order valence-corrected chi connectivity index (χ0v) is 14.8. The summed E-state index contributed by atoms with van der Waals surface area (Å²) < 4.78 is 5.44. The minimum Gasteiger partial charge on any atom is -0.444 e. The number of hydrogen-bond donors (Lipinski definition) is 1. The zero-order valence-electron chi connectivity index (χ0n) is 14.8. The zero-order chi connectivity index (χ0) is 17.0. The van der Waals surface area contributed by atoms with Crippen molar-refractivity contribution in [3.05, 3.63) is 35.4 Å². The first kappa shape index (κ1) is 17.8. The van der Waals surface area contributed by atoms with Crippen LogP contribution < -0.4 is 5.73 Å². The van der Waals surface area contributed by atoms with Crippen molar-refractivity contribution >= 4 is 6.09 Å². The van der Waals surface area contributed by atoms with Crippen LogP contribution in [0.2, 0.25) is 0 Å². The van der Waals surface area contributed by atoms with Crippen LogP contribution in [0.3, 0.4) is 0 Å². The Hall–Kier alpha value is -1.55. The average Bonchev–Trinajstić information content (AvgIpc) is 2.96. The first-order valence-corrected chi connectivity index (χ1v) is 8.60. The molecule has 0 spiro atoms. The second-order valence-corrected chi connectivity index (χ2v) is 7.51. The fourth-order valence-corrected chi connectivity index (χ4v) is 2.98. The number of benzene rings is 1. The number of rotatable bonds is 4. The van der Waals surface area contributed by atoms with Gasteiger partial charge in [0.05, 0.1) is 0 Å². The number of hydrogen-bond acceptors (Lipinski definition) is 3. The summed E-state index contributed by atoms with van der Waals surface area (Å²) in [6.07, 6.45) is 2.64. The van der Waals surface area contributed by atoms with E-state index in [1.165, 1.54) is 11.1 Å². The number of likely N-dealkylation sites (tertiary alicyclic amines) is 1. The van der Waals surface area contributed by atoms with Gasteiger partial charge in [0.1, 0.15) is 5.60 Å². The Kier molecular flexibility index (Phi) is 5.69. The van der Waals surface area contributed by atoms with Crippen molar-refractivity contribution in [3.63, 3.8) is 0 Å². The van der Waals surface area contributed by atoms with Gasteiger partial charge in [0.25, 0.3) is 0 Å². The summed E-state index contributed by atoms with van der Waals surface area (Å²) in [5.74, 6) is 0.341. The Morgan fingerprint density at radius 3 is 2.48 bits per heavy atom. The van der Waals surface area contributed by atoms with E-state index >= 15 is 0 Å². The van der Waals surface area contributed by atoms with Crippen LogP contribution in [0.1, 0.15) is 45.2 Å². The summed E-state index contributed by atoms with van der Waals surface area (Å²) in [6, 6.07) is 8.75. The van der Waals surface area contributed by atoms with E-state index in [0.717, 1.165) is 25.8 Å². The van der Waals surface area contributed by atoms with Crippen molar-refractivity contribution in [1.29, 1.82) is 0 Å². The summed E-state index contributed by atoms with van der Waals surface area (Å²) in [5, 5.41) is 0. The molecule has 0 saturated carbocycles. The van der Waals surface area contributed by atoms with Crippen LogP contribution in [0.25, 0.3) is 0 Å². The van der Waals surface area contributed by atoms with Gasteiger partial charge in [-0.3, -0.25) is 0 Å². The summed E-state index contributed by atoms with van der Waals surface area (Å²) >= 11 is 0. The molecule has 128 valence electrons. The molecular weight excluding hydrogens is 288 g/mol. The number of aryl methyl sites for hydroxylation is 1. The molecule has 4 heteroatoms. The van der Waals surface area contributed by atoms with Gasteiger partial charge in [0.2, 0.25) is 0 Å². The molecule has 1 amide bonds. The highest BCUT2D eigenvalue weighted by Crippen LogP contribution is 2.23. The van der Waals surface area contributed by atoms with Gasteiger partial charge in [-0.2, -0.15) is 0 Å². The van der Waals surface area contributed by atoms with Gasteiger partial charge in [-0.1, -0.05) is 31.2 Å². The minimum atomic E-state index is -0.446. The van der Waals surface area contributed by atoms with E-state index in [9.17, 15) is 4.79 Å². The molecule has 23 heavy (non-hydrogen) atoms. The molecule has 0 bridgehead atoms. The molecule has 1 heterocycles. The average molecular weight is 318 g/mol. The Bertz CT molecular complexity index is 519. The first-order valence-electron chi connectivity index (χ1n) is 8.60. The molecule has 1 fully saturated rings. The van der Waals surface area contributed by atoms with Crippen LogP contribution >= 0.6 is 0 Å². The number of ether oxygens (including phenoxy) is 1. The fraction of sp³-hybridized carbons (Fsp3) is 0.632. The lowest BCUT2D eigenvalue weighted by atomic mass is 9.93. The van der Waals surface area contributed by atoms with E-state index in [1.54, 1.807) is 4.90 Å². The van der Waals surface area contributed by atoms with Gasteiger partial charge in [-0.05, 0) is 57.1 Å². The van der Waals surface area contributed by atoms with Crippen LogP contribution in [-0.2, 0) is 17.6 Å². The van der Waals surface area contributed by atoms with Crippen LogP contribution in [0.4, 0.5) is 4.79 Å². The molecule has 0 radical (unpaired) electrons. The van der Waals surface area contributed by atoms with Gasteiger partial charge in [-0.25, -0.2) is 4.79 Å². The van der Waals surface area contributed by atoms with Crippen LogP contribution in [-0.4, -0.2) is 35.7 Å². The largest absolute Gasteiger partial charge is 0.444 e. The fourth-order valence-electron chi connectivity index (χ4n) is 2.98. The van der Waals surface area contributed by atoms with Crippen molar-refractivity contribution in [1.82, 2.24) is 4.90 Å². The van der Waals surface area contributed by atoms with E-state index < -0.39 is 5.60 Å². The van der Waals surface area contributed by atoms with E-state index in [2.05, 4.69) is 31.2 Å². The van der Waals surface area contributed by atoms with Crippen LogP contribution in [0, 0.1) is 5.92 Å². The SMILES string of the molecule is CCc1ccc(CC(N)C2CCN(C(=O)OC(C)(C)C)C2)cc1. The number of nitrogens with zero attached hydrogens (tertiary/aromatic N) is 1. The van der Waals surface area contributed by atoms with E-state index in [0.29, 0.717) is 12.5 Å². The Morgan fingerprint density at radius 1 is 1.30 bits per heavy atom. The van der Waals surface area contributed by atoms with Crippen LogP contribution in [0.5, 0.6) is 0 Å². The highest BCUT2D eigenvalue weighted by atomic mass is 16.6. The normalized spacial score (nSPS) is 19.7. The number of carbonyl (C=O) groups excluding carboxylic acids is 1. The number of amides is 1. The summed E-state index contributed by atoms with van der Waals surface area (Å²) in [6.45, 7) is 9.27. The highest BCUT2D eigenvalue weighted by Gasteiger charge is 2.32. The number of carbonyl (C=O) groups is 1. The Labute approximate surface area is 140 Å². The molecule has 4 nitrogen and oxygen atoms in total. The van der Waals surface area contributed by atoms with Gasteiger partial charge in [0.15, 0.2) is 0 Å². The van der Waals surface area contributed by atoms with Gasteiger partial charge < -0.3 is 15.4 Å². The molecule has 2 N–H and O–H groups in total. The first-order chi connectivity index (χ1) is 10.8. The predicted octanol–water partition coefficient (Wildman–Crippen LogP) is 3.38. The summed E-state index contributed by atoms with van der Waals surface area (Å²) in [4.78, 5) is 13.9. The molecule has 1 saturated heterocycles. The second-order valence-electron chi connectivity index (χ2n) is 7.51. The number of nitrogens with two attached hydrogens (primary N) is 1. The molecule has 1 aromatic rings. The maximum atomic E-state index is 12.1. The van der Waals surface area contributed by atoms with Crippen molar-refractivity contribution < 1.29 is 9.53 Å². The molecule has 1 aliphatic heterocycles. The molecule has 1 aliphatic rings.